The summed E-state index contributed by atoms with van der Waals surface area (Å²) in [5.41, 5.74) is 2.30. The van der Waals surface area contributed by atoms with Gasteiger partial charge in [0, 0.05) is 26.3 Å². The van der Waals surface area contributed by atoms with Gasteiger partial charge in [0.1, 0.15) is 0 Å². The second-order valence-corrected chi connectivity index (χ2v) is 4.93. The molecule has 1 fully saturated rings. The van der Waals surface area contributed by atoms with Crippen LogP contribution in [-0.2, 0) is 11.3 Å². The van der Waals surface area contributed by atoms with Crippen LogP contribution in [0.25, 0.3) is 0 Å². The average Bonchev–Trinajstić information content (AvgIpc) is 2.90. The Balaban J connectivity index is 1.84. The molecule has 2 rings (SSSR count). The quantitative estimate of drug-likeness (QED) is 0.838. The number of amides is 1. The number of carbonyl (C=O) groups excluding carboxylic acids is 1. The van der Waals surface area contributed by atoms with Crippen molar-refractivity contribution in [2.45, 2.75) is 25.4 Å². The fraction of sp³-hybridized carbons (Fsp3) is 0.500. The van der Waals surface area contributed by atoms with E-state index in [2.05, 4.69) is 39.8 Å². The van der Waals surface area contributed by atoms with Crippen LogP contribution in [0.4, 0.5) is 5.69 Å². The van der Waals surface area contributed by atoms with Gasteiger partial charge < -0.3 is 15.5 Å². The van der Waals surface area contributed by atoms with Crippen LogP contribution in [0, 0.1) is 0 Å². The molecule has 0 radical (unpaired) electrons. The molecule has 0 unspecified atom stereocenters. The molecule has 1 saturated heterocycles. The molecule has 1 amide bonds. The van der Waals surface area contributed by atoms with Crippen LogP contribution in [-0.4, -0.2) is 32.6 Å². The zero-order valence-corrected chi connectivity index (χ0v) is 11.1. The Labute approximate surface area is 108 Å². The number of hydrogen-bond donors (Lipinski definition) is 2. The second-order valence-electron chi connectivity index (χ2n) is 4.93. The average molecular weight is 247 g/mol. The number of benzene rings is 1. The van der Waals surface area contributed by atoms with E-state index < -0.39 is 0 Å². The molecule has 1 aliphatic heterocycles. The first-order chi connectivity index (χ1) is 8.66. The van der Waals surface area contributed by atoms with Crippen molar-refractivity contribution in [3.63, 3.8) is 0 Å². The Kier molecular flexibility index (Phi) is 4.20. The smallest absolute Gasteiger partial charge is 0.237 e. The van der Waals surface area contributed by atoms with Gasteiger partial charge in [0.05, 0.1) is 6.04 Å². The van der Waals surface area contributed by atoms with E-state index in [0.717, 1.165) is 24.9 Å². The van der Waals surface area contributed by atoms with E-state index in [1.54, 1.807) is 0 Å². The first-order valence-electron chi connectivity index (χ1n) is 6.44. The highest BCUT2D eigenvalue weighted by Crippen LogP contribution is 2.12. The fourth-order valence-electron chi connectivity index (χ4n) is 2.13. The molecule has 0 spiro atoms. The monoisotopic (exact) mass is 247 g/mol. The molecular weight excluding hydrogens is 226 g/mol. The van der Waals surface area contributed by atoms with Crippen LogP contribution in [0.5, 0.6) is 0 Å². The maximum absolute atomic E-state index is 11.8. The molecule has 2 N–H and O–H groups in total. The maximum atomic E-state index is 11.8. The van der Waals surface area contributed by atoms with Crippen molar-refractivity contribution in [3.05, 3.63) is 29.8 Å². The highest BCUT2D eigenvalue weighted by Gasteiger charge is 2.21. The van der Waals surface area contributed by atoms with Crippen LogP contribution in [0.3, 0.4) is 0 Å². The zero-order valence-electron chi connectivity index (χ0n) is 11.1. The summed E-state index contributed by atoms with van der Waals surface area (Å²) < 4.78 is 0. The van der Waals surface area contributed by atoms with Gasteiger partial charge in [-0.25, -0.2) is 0 Å². The third kappa shape index (κ3) is 3.23. The molecule has 1 atom stereocenters. The Morgan fingerprint density at radius 3 is 2.67 bits per heavy atom. The molecule has 0 saturated carbocycles. The van der Waals surface area contributed by atoms with Gasteiger partial charge >= 0.3 is 0 Å². The Bertz CT molecular complexity index is 394. The standard InChI is InChI=1S/C14H21N3O/c1-17(2)12-7-5-11(6-8-12)10-16-14(18)13-4-3-9-15-13/h5-8,13,15H,3-4,9-10H2,1-2H3,(H,16,18)/t13-/m1/s1. The molecule has 1 aromatic carbocycles. The van der Waals surface area contributed by atoms with Crippen molar-refractivity contribution in [1.29, 1.82) is 0 Å². The van der Waals surface area contributed by atoms with Gasteiger partial charge in [0.25, 0.3) is 0 Å². The van der Waals surface area contributed by atoms with Gasteiger partial charge in [-0.3, -0.25) is 4.79 Å². The van der Waals surface area contributed by atoms with Crippen molar-refractivity contribution < 1.29 is 4.79 Å². The third-order valence-corrected chi connectivity index (χ3v) is 3.30. The fourth-order valence-corrected chi connectivity index (χ4v) is 2.13. The van der Waals surface area contributed by atoms with E-state index in [1.807, 2.05) is 14.1 Å². The van der Waals surface area contributed by atoms with E-state index in [1.165, 1.54) is 5.69 Å². The first-order valence-corrected chi connectivity index (χ1v) is 6.44. The predicted octanol–water partition coefficient (Wildman–Crippen LogP) is 1.12. The first kappa shape index (κ1) is 12.9. The number of carbonyl (C=O) groups is 1. The minimum absolute atomic E-state index is 0.00560. The highest BCUT2D eigenvalue weighted by molar-refractivity contribution is 5.81. The zero-order chi connectivity index (χ0) is 13.0. The summed E-state index contributed by atoms with van der Waals surface area (Å²) in [5.74, 6) is 0.115. The molecule has 98 valence electrons. The summed E-state index contributed by atoms with van der Waals surface area (Å²) in [6.07, 6.45) is 2.04. The lowest BCUT2D eigenvalue weighted by Gasteiger charge is -2.14. The molecule has 4 nitrogen and oxygen atoms in total. The van der Waals surface area contributed by atoms with Gasteiger partial charge in [-0.05, 0) is 37.1 Å². The summed E-state index contributed by atoms with van der Waals surface area (Å²) in [4.78, 5) is 13.9. The number of anilines is 1. The molecule has 0 aromatic heterocycles. The van der Waals surface area contributed by atoms with E-state index in [9.17, 15) is 4.79 Å². The lowest BCUT2D eigenvalue weighted by Crippen LogP contribution is -2.39. The molecule has 1 aromatic rings. The maximum Gasteiger partial charge on any atom is 0.237 e. The molecule has 1 aliphatic rings. The van der Waals surface area contributed by atoms with Crippen molar-refractivity contribution >= 4 is 11.6 Å². The Morgan fingerprint density at radius 1 is 1.39 bits per heavy atom. The molecule has 0 bridgehead atoms. The second kappa shape index (κ2) is 5.87. The van der Waals surface area contributed by atoms with Crippen molar-refractivity contribution in [1.82, 2.24) is 10.6 Å². The van der Waals surface area contributed by atoms with Gasteiger partial charge in [0.15, 0.2) is 0 Å². The van der Waals surface area contributed by atoms with Gasteiger partial charge in [0.2, 0.25) is 5.91 Å². The number of hydrogen-bond acceptors (Lipinski definition) is 3. The van der Waals surface area contributed by atoms with E-state index >= 15 is 0 Å². The number of rotatable bonds is 4. The van der Waals surface area contributed by atoms with E-state index in [-0.39, 0.29) is 11.9 Å². The summed E-state index contributed by atoms with van der Waals surface area (Å²) in [5, 5.41) is 6.17. The summed E-state index contributed by atoms with van der Waals surface area (Å²) >= 11 is 0. The van der Waals surface area contributed by atoms with Crippen LogP contribution >= 0.6 is 0 Å². The molecule has 1 heterocycles. The molecular formula is C14H21N3O. The van der Waals surface area contributed by atoms with Crippen molar-refractivity contribution in [3.8, 4) is 0 Å². The van der Waals surface area contributed by atoms with Gasteiger partial charge in [-0.15, -0.1) is 0 Å². The lowest BCUT2D eigenvalue weighted by molar-refractivity contribution is -0.122. The van der Waals surface area contributed by atoms with Crippen molar-refractivity contribution in [2.24, 2.45) is 0 Å². The predicted molar refractivity (Wildman–Crippen MR) is 73.6 cm³/mol. The van der Waals surface area contributed by atoms with E-state index in [4.69, 9.17) is 0 Å². The molecule has 0 aliphatic carbocycles. The number of nitrogens with one attached hydrogen (secondary N) is 2. The summed E-state index contributed by atoms with van der Waals surface area (Å²) in [6, 6.07) is 8.24. The summed E-state index contributed by atoms with van der Waals surface area (Å²) in [6.45, 7) is 1.56. The van der Waals surface area contributed by atoms with Gasteiger partial charge in [-0.2, -0.15) is 0 Å². The number of nitrogens with zero attached hydrogens (tertiary/aromatic N) is 1. The highest BCUT2D eigenvalue weighted by atomic mass is 16.2. The summed E-state index contributed by atoms with van der Waals surface area (Å²) in [7, 11) is 4.03. The van der Waals surface area contributed by atoms with Crippen LogP contribution in [0.2, 0.25) is 0 Å². The molecule has 4 heteroatoms. The lowest BCUT2D eigenvalue weighted by atomic mass is 10.2. The molecule has 18 heavy (non-hydrogen) atoms. The topological polar surface area (TPSA) is 44.4 Å². The third-order valence-electron chi connectivity index (χ3n) is 3.30. The minimum Gasteiger partial charge on any atom is -0.378 e. The van der Waals surface area contributed by atoms with E-state index in [0.29, 0.717) is 6.54 Å². The van der Waals surface area contributed by atoms with Crippen LogP contribution in [0.1, 0.15) is 18.4 Å². The Hall–Kier alpha value is -1.55. The van der Waals surface area contributed by atoms with Crippen molar-refractivity contribution in [2.75, 3.05) is 25.5 Å². The normalized spacial score (nSPS) is 18.7. The van der Waals surface area contributed by atoms with Gasteiger partial charge in [-0.1, -0.05) is 12.1 Å². The largest absolute Gasteiger partial charge is 0.378 e. The van der Waals surface area contributed by atoms with Crippen LogP contribution < -0.4 is 15.5 Å². The minimum atomic E-state index is 0.00560. The SMILES string of the molecule is CN(C)c1ccc(CNC(=O)[C@H]2CCCN2)cc1. The van der Waals surface area contributed by atoms with Crippen LogP contribution in [0.15, 0.2) is 24.3 Å². The Morgan fingerprint density at radius 2 is 2.11 bits per heavy atom.